The van der Waals surface area contributed by atoms with Crippen molar-refractivity contribution in [2.75, 3.05) is 13.7 Å². The van der Waals surface area contributed by atoms with Crippen LogP contribution in [-0.2, 0) is 22.6 Å². The fraction of sp³-hybridized carbons (Fsp3) is 0.333. The first-order valence-electron chi connectivity index (χ1n) is 8.99. The Labute approximate surface area is 164 Å². The van der Waals surface area contributed by atoms with Crippen LogP contribution in [0.4, 0.5) is 0 Å². The van der Waals surface area contributed by atoms with Gasteiger partial charge < -0.3 is 15.4 Å². The van der Waals surface area contributed by atoms with Gasteiger partial charge in [-0.1, -0.05) is 35.9 Å². The van der Waals surface area contributed by atoms with Crippen LogP contribution >= 0.6 is 11.6 Å². The topological polar surface area (TPSA) is 67.4 Å². The fourth-order valence-corrected chi connectivity index (χ4v) is 3.20. The molecule has 2 unspecified atom stereocenters. The third-order valence-corrected chi connectivity index (χ3v) is 4.93. The van der Waals surface area contributed by atoms with Gasteiger partial charge in [0, 0.05) is 18.1 Å². The number of carbonyl (C=O) groups is 2. The molecule has 27 heavy (non-hydrogen) atoms. The zero-order chi connectivity index (χ0) is 19.2. The molecule has 0 saturated heterocycles. The lowest BCUT2D eigenvalue weighted by Crippen LogP contribution is -2.31. The van der Waals surface area contributed by atoms with Gasteiger partial charge in [-0.15, -0.1) is 0 Å². The second-order valence-corrected chi connectivity index (χ2v) is 7.12. The molecule has 3 rings (SSSR count). The minimum atomic E-state index is -0.227. The molecule has 142 valence electrons. The van der Waals surface area contributed by atoms with Gasteiger partial charge in [0.2, 0.25) is 11.8 Å². The monoisotopic (exact) mass is 386 g/mol. The van der Waals surface area contributed by atoms with Crippen molar-refractivity contribution in [3.63, 3.8) is 0 Å². The largest absolute Gasteiger partial charge is 0.497 e. The van der Waals surface area contributed by atoms with Gasteiger partial charge in [0.1, 0.15) is 5.75 Å². The van der Waals surface area contributed by atoms with E-state index in [-0.39, 0.29) is 23.7 Å². The van der Waals surface area contributed by atoms with E-state index in [1.54, 1.807) is 7.11 Å². The fourth-order valence-electron chi connectivity index (χ4n) is 2.99. The quantitative estimate of drug-likeness (QED) is 0.733. The zero-order valence-corrected chi connectivity index (χ0v) is 16.0. The molecule has 2 aromatic carbocycles. The summed E-state index contributed by atoms with van der Waals surface area (Å²) in [4.78, 5) is 24.4. The summed E-state index contributed by atoms with van der Waals surface area (Å²) < 4.78 is 5.11. The molecule has 2 aromatic rings. The Hall–Kier alpha value is -2.53. The van der Waals surface area contributed by atoms with E-state index in [4.69, 9.17) is 16.3 Å². The van der Waals surface area contributed by atoms with Crippen LogP contribution in [0.5, 0.6) is 5.75 Å². The Balaban J connectivity index is 1.37. The molecule has 0 spiro atoms. The molecule has 1 aliphatic rings. The van der Waals surface area contributed by atoms with Gasteiger partial charge in [0.05, 0.1) is 18.9 Å². The first-order valence-corrected chi connectivity index (χ1v) is 9.37. The van der Waals surface area contributed by atoms with Crippen molar-refractivity contribution >= 4 is 23.4 Å². The van der Waals surface area contributed by atoms with E-state index in [0.29, 0.717) is 31.0 Å². The van der Waals surface area contributed by atoms with Crippen molar-refractivity contribution in [1.82, 2.24) is 10.6 Å². The number of halogens is 1. The Morgan fingerprint density at radius 1 is 1.04 bits per heavy atom. The molecular formula is C21H23ClN2O3. The smallest absolute Gasteiger partial charge is 0.224 e. The molecule has 0 heterocycles. The molecule has 5 nitrogen and oxygen atoms in total. The lowest BCUT2D eigenvalue weighted by atomic mass is 10.1. The molecular weight excluding hydrogens is 364 g/mol. The molecule has 2 atom stereocenters. The maximum atomic E-state index is 12.2. The SMILES string of the molecule is COc1ccc(CNC(=O)C2CC2C(=O)NCCc2cccc(Cl)c2)cc1. The number of amides is 2. The van der Waals surface area contributed by atoms with Gasteiger partial charge in [0.15, 0.2) is 0 Å². The zero-order valence-electron chi connectivity index (χ0n) is 15.2. The van der Waals surface area contributed by atoms with Crippen LogP contribution in [-0.4, -0.2) is 25.5 Å². The highest BCUT2D eigenvalue weighted by atomic mass is 35.5. The summed E-state index contributed by atoms with van der Waals surface area (Å²) in [5.74, 6) is 0.207. The molecule has 1 fully saturated rings. The van der Waals surface area contributed by atoms with Gasteiger partial charge in [-0.25, -0.2) is 0 Å². The Bertz CT molecular complexity index is 807. The molecule has 6 heteroatoms. The van der Waals surface area contributed by atoms with Gasteiger partial charge >= 0.3 is 0 Å². The van der Waals surface area contributed by atoms with Crippen LogP contribution in [0.15, 0.2) is 48.5 Å². The van der Waals surface area contributed by atoms with E-state index in [9.17, 15) is 9.59 Å². The highest BCUT2D eigenvalue weighted by Gasteiger charge is 2.47. The van der Waals surface area contributed by atoms with Crippen LogP contribution in [0.25, 0.3) is 0 Å². The summed E-state index contributed by atoms with van der Waals surface area (Å²) >= 11 is 5.95. The van der Waals surface area contributed by atoms with E-state index in [1.165, 1.54) is 0 Å². The molecule has 2 amide bonds. The minimum absolute atomic E-state index is 0.0541. The maximum Gasteiger partial charge on any atom is 0.224 e. The molecule has 1 saturated carbocycles. The van der Waals surface area contributed by atoms with Gasteiger partial charge in [0.25, 0.3) is 0 Å². The third kappa shape index (κ3) is 5.47. The Morgan fingerprint density at radius 3 is 2.41 bits per heavy atom. The minimum Gasteiger partial charge on any atom is -0.497 e. The molecule has 1 aliphatic carbocycles. The Kier molecular flexibility index (Phi) is 6.35. The number of benzene rings is 2. The second kappa shape index (κ2) is 8.91. The van der Waals surface area contributed by atoms with Crippen LogP contribution in [0.3, 0.4) is 0 Å². The third-order valence-electron chi connectivity index (χ3n) is 4.69. The average Bonchev–Trinajstić information content (AvgIpc) is 3.47. The summed E-state index contributed by atoms with van der Waals surface area (Å²) in [5, 5.41) is 6.49. The average molecular weight is 387 g/mol. The van der Waals surface area contributed by atoms with Crippen LogP contribution in [0, 0.1) is 11.8 Å². The highest BCUT2D eigenvalue weighted by Crippen LogP contribution is 2.38. The number of hydrogen-bond acceptors (Lipinski definition) is 3. The number of ether oxygens (including phenoxy) is 1. The lowest BCUT2D eigenvalue weighted by Gasteiger charge is -2.07. The molecule has 0 radical (unpaired) electrons. The first-order chi connectivity index (χ1) is 13.1. The van der Waals surface area contributed by atoms with E-state index in [1.807, 2.05) is 48.5 Å². The summed E-state index contributed by atoms with van der Waals surface area (Å²) in [6, 6.07) is 15.1. The predicted octanol–water partition coefficient (Wildman–Crippen LogP) is 2.96. The van der Waals surface area contributed by atoms with Crippen molar-refractivity contribution in [2.24, 2.45) is 11.8 Å². The van der Waals surface area contributed by atoms with E-state index >= 15 is 0 Å². The van der Waals surface area contributed by atoms with Crippen LogP contribution in [0.2, 0.25) is 5.02 Å². The molecule has 0 aliphatic heterocycles. The lowest BCUT2D eigenvalue weighted by molar-refractivity contribution is -0.127. The van der Waals surface area contributed by atoms with Crippen molar-refractivity contribution in [2.45, 2.75) is 19.4 Å². The summed E-state index contributed by atoms with van der Waals surface area (Å²) in [5.41, 5.74) is 2.07. The molecule has 0 aromatic heterocycles. The van der Waals surface area contributed by atoms with E-state index in [2.05, 4.69) is 10.6 Å². The molecule has 2 N–H and O–H groups in total. The van der Waals surface area contributed by atoms with Gasteiger partial charge in [-0.2, -0.15) is 0 Å². The van der Waals surface area contributed by atoms with E-state index in [0.717, 1.165) is 16.9 Å². The van der Waals surface area contributed by atoms with Crippen molar-refractivity contribution in [3.8, 4) is 5.75 Å². The van der Waals surface area contributed by atoms with Crippen molar-refractivity contribution in [1.29, 1.82) is 0 Å². The number of carbonyl (C=O) groups excluding carboxylic acids is 2. The summed E-state index contributed by atoms with van der Waals surface area (Å²) in [7, 11) is 1.62. The number of methoxy groups -OCH3 is 1. The van der Waals surface area contributed by atoms with Crippen LogP contribution in [0.1, 0.15) is 17.5 Å². The van der Waals surface area contributed by atoms with Crippen LogP contribution < -0.4 is 15.4 Å². The maximum absolute atomic E-state index is 12.2. The highest BCUT2D eigenvalue weighted by molar-refractivity contribution is 6.30. The molecule has 0 bridgehead atoms. The summed E-state index contributed by atoms with van der Waals surface area (Å²) in [6.45, 7) is 0.984. The number of hydrogen-bond donors (Lipinski definition) is 2. The number of nitrogens with one attached hydrogen (secondary N) is 2. The number of rotatable bonds is 8. The first kappa shape index (κ1) is 19.2. The van der Waals surface area contributed by atoms with Crippen molar-refractivity contribution < 1.29 is 14.3 Å². The predicted molar refractivity (Wildman–Crippen MR) is 105 cm³/mol. The van der Waals surface area contributed by atoms with Crippen molar-refractivity contribution in [3.05, 3.63) is 64.7 Å². The normalized spacial score (nSPS) is 17.9. The van der Waals surface area contributed by atoms with Gasteiger partial charge in [-0.3, -0.25) is 9.59 Å². The summed E-state index contributed by atoms with van der Waals surface area (Å²) in [6.07, 6.45) is 1.32. The standard InChI is InChI=1S/C21H23ClN2O3/c1-27-17-7-5-15(6-8-17)13-24-21(26)19-12-18(19)20(25)23-10-9-14-3-2-4-16(22)11-14/h2-8,11,18-19H,9-10,12-13H2,1H3,(H,23,25)(H,24,26). The van der Waals surface area contributed by atoms with E-state index < -0.39 is 0 Å². The van der Waals surface area contributed by atoms with Gasteiger partial charge in [-0.05, 0) is 48.2 Å². The second-order valence-electron chi connectivity index (χ2n) is 6.69. The Morgan fingerprint density at radius 2 is 1.74 bits per heavy atom.